The molecule has 16 heavy (non-hydrogen) atoms. The Labute approximate surface area is 92.1 Å². The number of halogens is 3. The van der Waals surface area contributed by atoms with Crippen LogP contribution in [0.4, 0.5) is 13.2 Å². The van der Waals surface area contributed by atoms with Gasteiger partial charge in [0.1, 0.15) is 6.04 Å². The van der Waals surface area contributed by atoms with E-state index in [1.807, 2.05) is 0 Å². The summed E-state index contributed by atoms with van der Waals surface area (Å²) in [6.07, 6.45) is -3.35. The molecule has 6 heteroatoms. The minimum atomic E-state index is -4.12. The molecule has 1 fully saturated rings. The fraction of sp³-hybridized carbons (Fsp3) is 0.900. The first-order chi connectivity index (χ1) is 7.36. The highest BCUT2D eigenvalue weighted by molar-refractivity contribution is 5.75. The van der Waals surface area contributed by atoms with Crippen molar-refractivity contribution in [2.24, 2.45) is 17.6 Å². The molecule has 0 aromatic rings. The molecule has 0 saturated heterocycles. The predicted molar refractivity (Wildman–Crippen MR) is 51.5 cm³/mol. The van der Waals surface area contributed by atoms with Crippen LogP contribution in [0.2, 0.25) is 0 Å². The second kappa shape index (κ2) is 5.03. The van der Waals surface area contributed by atoms with Gasteiger partial charge >= 0.3 is 12.1 Å². The number of rotatable bonds is 2. The number of alkyl halides is 3. The van der Waals surface area contributed by atoms with Gasteiger partial charge in [-0.25, -0.2) is 0 Å². The minimum Gasteiger partial charge on any atom is -0.468 e. The fourth-order valence-corrected chi connectivity index (χ4v) is 2.13. The van der Waals surface area contributed by atoms with Gasteiger partial charge in [0.25, 0.3) is 0 Å². The largest absolute Gasteiger partial charge is 0.468 e. The average Bonchev–Trinajstić information content (AvgIpc) is 2.26. The Bertz CT molecular complexity index is 247. The Balaban J connectivity index is 2.46. The van der Waals surface area contributed by atoms with Gasteiger partial charge in [0.05, 0.1) is 13.0 Å². The van der Waals surface area contributed by atoms with Crippen molar-refractivity contribution in [3.05, 3.63) is 0 Å². The van der Waals surface area contributed by atoms with Gasteiger partial charge in [-0.1, -0.05) is 0 Å². The number of carbonyl (C=O) groups excluding carboxylic acids is 1. The van der Waals surface area contributed by atoms with Crippen LogP contribution < -0.4 is 5.73 Å². The van der Waals surface area contributed by atoms with Crippen molar-refractivity contribution in [3.63, 3.8) is 0 Å². The van der Waals surface area contributed by atoms with E-state index >= 15 is 0 Å². The molecule has 0 spiro atoms. The topological polar surface area (TPSA) is 52.3 Å². The lowest BCUT2D eigenvalue weighted by Gasteiger charge is -2.31. The van der Waals surface area contributed by atoms with E-state index in [9.17, 15) is 18.0 Å². The molecule has 0 aromatic carbocycles. The summed E-state index contributed by atoms with van der Waals surface area (Å²) >= 11 is 0. The molecule has 0 aliphatic heterocycles. The summed E-state index contributed by atoms with van der Waals surface area (Å²) in [5, 5.41) is 0. The van der Waals surface area contributed by atoms with Crippen molar-refractivity contribution >= 4 is 5.97 Å². The zero-order chi connectivity index (χ0) is 12.3. The van der Waals surface area contributed by atoms with Crippen LogP contribution in [0, 0.1) is 11.8 Å². The molecule has 94 valence electrons. The number of esters is 1. The molecule has 1 aliphatic carbocycles. The molecule has 0 radical (unpaired) electrons. The van der Waals surface area contributed by atoms with Crippen LogP contribution in [-0.4, -0.2) is 25.3 Å². The van der Waals surface area contributed by atoms with Gasteiger partial charge in [-0.05, 0) is 31.6 Å². The first kappa shape index (κ1) is 13.3. The standard InChI is InChI=1S/C10H16F3NO2/c1-16-9(15)8(14)6-2-4-7(5-3-6)10(11,12)13/h6-8H,2-5,14H2,1H3. The number of hydrogen-bond donors (Lipinski definition) is 1. The van der Waals surface area contributed by atoms with Crippen LogP contribution in [-0.2, 0) is 9.53 Å². The monoisotopic (exact) mass is 239 g/mol. The van der Waals surface area contributed by atoms with Crippen molar-refractivity contribution in [2.45, 2.75) is 37.9 Å². The molecular formula is C10H16F3NO2. The maximum absolute atomic E-state index is 12.4. The van der Waals surface area contributed by atoms with E-state index in [-0.39, 0.29) is 18.8 Å². The molecule has 0 heterocycles. The Kier molecular flexibility index (Phi) is 4.18. The maximum atomic E-state index is 12.4. The highest BCUT2D eigenvalue weighted by Crippen LogP contribution is 2.40. The summed E-state index contributed by atoms with van der Waals surface area (Å²) < 4.78 is 41.6. The van der Waals surface area contributed by atoms with E-state index in [0.29, 0.717) is 12.8 Å². The summed E-state index contributed by atoms with van der Waals surface area (Å²) in [4.78, 5) is 11.1. The number of carbonyl (C=O) groups is 1. The van der Waals surface area contributed by atoms with Crippen molar-refractivity contribution in [1.82, 2.24) is 0 Å². The van der Waals surface area contributed by atoms with Gasteiger partial charge in [0, 0.05) is 0 Å². The van der Waals surface area contributed by atoms with E-state index in [0.717, 1.165) is 0 Å². The van der Waals surface area contributed by atoms with Crippen LogP contribution in [0.3, 0.4) is 0 Å². The molecule has 1 rings (SSSR count). The lowest BCUT2D eigenvalue weighted by atomic mass is 9.78. The first-order valence-corrected chi connectivity index (χ1v) is 5.26. The predicted octanol–water partition coefficient (Wildman–Crippen LogP) is 1.86. The second-order valence-electron chi connectivity index (χ2n) is 4.20. The Morgan fingerprint density at radius 3 is 2.19 bits per heavy atom. The summed E-state index contributed by atoms with van der Waals surface area (Å²) in [6, 6.07) is -0.792. The van der Waals surface area contributed by atoms with Gasteiger partial charge in [0.2, 0.25) is 0 Å². The molecule has 3 nitrogen and oxygen atoms in total. The quantitative estimate of drug-likeness (QED) is 0.748. The third-order valence-corrected chi connectivity index (χ3v) is 3.22. The summed E-state index contributed by atoms with van der Waals surface area (Å²) in [6.45, 7) is 0. The minimum absolute atomic E-state index is 0.0544. The Morgan fingerprint density at radius 1 is 1.31 bits per heavy atom. The summed E-state index contributed by atoms with van der Waals surface area (Å²) in [7, 11) is 1.23. The van der Waals surface area contributed by atoms with Crippen molar-refractivity contribution in [2.75, 3.05) is 7.11 Å². The number of hydrogen-bond acceptors (Lipinski definition) is 3. The Morgan fingerprint density at radius 2 is 1.81 bits per heavy atom. The third-order valence-electron chi connectivity index (χ3n) is 3.22. The Hall–Kier alpha value is -0.780. The molecule has 0 aromatic heterocycles. The number of methoxy groups -OCH3 is 1. The van der Waals surface area contributed by atoms with Gasteiger partial charge in [0.15, 0.2) is 0 Å². The summed E-state index contributed by atoms with van der Waals surface area (Å²) in [5.41, 5.74) is 5.60. The van der Waals surface area contributed by atoms with E-state index in [4.69, 9.17) is 5.73 Å². The lowest BCUT2D eigenvalue weighted by Crippen LogP contribution is -2.42. The lowest BCUT2D eigenvalue weighted by molar-refractivity contribution is -0.184. The summed E-state index contributed by atoms with van der Waals surface area (Å²) in [5.74, 6) is -1.98. The molecular weight excluding hydrogens is 223 g/mol. The zero-order valence-corrected chi connectivity index (χ0v) is 9.09. The molecule has 1 atom stereocenters. The van der Waals surface area contributed by atoms with Gasteiger partial charge < -0.3 is 10.5 Å². The van der Waals surface area contributed by atoms with E-state index in [2.05, 4.69) is 4.74 Å². The van der Waals surface area contributed by atoms with Crippen LogP contribution in [0.5, 0.6) is 0 Å². The normalized spacial score (nSPS) is 28.6. The molecule has 1 aliphatic rings. The maximum Gasteiger partial charge on any atom is 0.391 e. The SMILES string of the molecule is COC(=O)C(N)C1CCC(C(F)(F)F)CC1. The third kappa shape index (κ3) is 3.10. The van der Waals surface area contributed by atoms with Crippen LogP contribution in [0.25, 0.3) is 0 Å². The van der Waals surface area contributed by atoms with E-state index < -0.39 is 24.1 Å². The van der Waals surface area contributed by atoms with Gasteiger partial charge in [-0.2, -0.15) is 13.2 Å². The smallest absolute Gasteiger partial charge is 0.391 e. The number of ether oxygens (including phenoxy) is 1. The highest BCUT2D eigenvalue weighted by Gasteiger charge is 2.42. The fourth-order valence-electron chi connectivity index (χ4n) is 2.13. The molecule has 1 saturated carbocycles. The first-order valence-electron chi connectivity index (χ1n) is 5.26. The number of nitrogens with two attached hydrogens (primary N) is 1. The molecule has 0 bridgehead atoms. The van der Waals surface area contributed by atoms with Crippen molar-refractivity contribution in [1.29, 1.82) is 0 Å². The van der Waals surface area contributed by atoms with Gasteiger partial charge in [-0.15, -0.1) is 0 Å². The second-order valence-corrected chi connectivity index (χ2v) is 4.20. The average molecular weight is 239 g/mol. The molecule has 2 N–H and O–H groups in total. The van der Waals surface area contributed by atoms with Crippen molar-refractivity contribution in [3.8, 4) is 0 Å². The van der Waals surface area contributed by atoms with Crippen LogP contribution >= 0.6 is 0 Å². The zero-order valence-electron chi connectivity index (χ0n) is 9.09. The van der Waals surface area contributed by atoms with E-state index in [1.54, 1.807) is 0 Å². The van der Waals surface area contributed by atoms with Gasteiger partial charge in [-0.3, -0.25) is 4.79 Å². The van der Waals surface area contributed by atoms with Crippen LogP contribution in [0.1, 0.15) is 25.7 Å². The van der Waals surface area contributed by atoms with Crippen molar-refractivity contribution < 1.29 is 22.7 Å². The van der Waals surface area contributed by atoms with E-state index in [1.165, 1.54) is 7.11 Å². The van der Waals surface area contributed by atoms with Crippen LogP contribution in [0.15, 0.2) is 0 Å². The molecule has 0 amide bonds. The molecule has 1 unspecified atom stereocenters. The highest BCUT2D eigenvalue weighted by atomic mass is 19.4.